The van der Waals surface area contributed by atoms with E-state index in [0.717, 1.165) is 75.4 Å². The highest BCUT2D eigenvalue weighted by Gasteiger charge is 2.29. The Morgan fingerprint density at radius 2 is 2.06 bits per heavy atom. The maximum atomic E-state index is 9.26. The third-order valence-corrected chi connectivity index (χ3v) is 7.19. The van der Waals surface area contributed by atoms with Crippen LogP contribution in [0.3, 0.4) is 0 Å². The van der Waals surface area contributed by atoms with Gasteiger partial charge in [-0.05, 0) is 73.6 Å². The molecular weight excluding hydrogens is 394 g/mol. The van der Waals surface area contributed by atoms with E-state index in [2.05, 4.69) is 36.9 Å². The molecule has 0 spiro atoms. The maximum Gasteiger partial charge on any atom is 0.135 e. The van der Waals surface area contributed by atoms with Crippen LogP contribution in [0.4, 0.5) is 11.5 Å². The normalized spacial score (nSPS) is 21.0. The minimum absolute atomic E-state index is 0.443. The molecule has 0 bridgehead atoms. The van der Waals surface area contributed by atoms with E-state index in [-0.39, 0.29) is 0 Å². The number of rotatable bonds is 6. The molecule has 2 aromatic rings. The number of nitrogens with two attached hydrogens (primary N) is 1. The largest absolute Gasteiger partial charge is 0.399 e. The summed E-state index contributed by atoms with van der Waals surface area (Å²) in [5.74, 6) is 3.01. The molecule has 1 aliphatic heterocycles. The molecule has 1 aromatic heterocycles. The van der Waals surface area contributed by atoms with Crippen molar-refractivity contribution < 1.29 is 0 Å². The van der Waals surface area contributed by atoms with Crippen molar-refractivity contribution in [2.45, 2.75) is 84.0 Å². The summed E-state index contributed by atoms with van der Waals surface area (Å²) in [6.45, 7) is 6.36. The zero-order chi connectivity index (χ0) is 22.5. The first-order valence-electron chi connectivity index (χ1n) is 12.5. The third kappa shape index (κ3) is 4.90. The second-order valence-corrected chi connectivity index (χ2v) is 9.56. The first-order chi connectivity index (χ1) is 15.6. The zero-order valence-corrected chi connectivity index (χ0v) is 19.7. The van der Waals surface area contributed by atoms with Crippen molar-refractivity contribution in [2.75, 3.05) is 23.7 Å². The van der Waals surface area contributed by atoms with Crippen LogP contribution >= 0.6 is 0 Å². The minimum atomic E-state index is 0.443. The topological polar surface area (TPSA) is 78.8 Å². The van der Waals surface area contributed by atoms with Crippen molar-refractivity contribution in [3.63, 3.8) is 0 Å². The molecule has 1 fully saturated rings. The number of nitrogen functional groups attached to an aromatic ring is 1. The van der Waals surface area contributed by atoms with Crippen LogP contribution in [0.25, 0.3) is 0 Å². The minimum Gasteiger partial charge on any atom is -0.399 e. The van der Waals surface area contributed by atoms with Crippen molar-refractivity contribution in [3.8, 4) is 6.07 Å². The molecule has 32 heavy (non-hydrogen) atoms. The molecule has 1 aliphatic carbocycles. The van der Waals surface area contributed by atoms with Crippen LogP contribution in [0.1, 0.15) is 86.5 Å². The van der Waals surface area contributed by atoms with Crippen molar-refractivity contribution >= 4 is 11.5 Å². The van der Waals surface area contributed by atoms with Crippen LogP contribution in [0.2, 0.25) is 0 Å². The number of nitrogens with zero attached hydrogens (tertiary/aromatic N) is 4. The van der Waals surface area contributed by atoms with Crippen LogP contribution in [0.15, 0.2) is 18.2 Å². The van der Waals surface area contributed by atoms with Gasteiger partial charge in [-0.2, -0.15) is 5.26 Å². The summed E-state index contributed by atoms with van der Waals surface area (Å²) in [5, 5.41) is 9.26. The van der Waals surface area contributed by atoms with Gasteiger partial charge in [0.1, 0.15) is 11.6 Å². The highest BCUT2D eigenvalue weighted by atomic mass is 15.2. The predicted molar refractivity (Wildman–Crippen MR) is 131 cm³/mol. The first kappa shape index (κ1) is 22.6. The predicted octanol–water partition coefficient (Wildman–Crippen LogP) is 5.37. The van der Waals surface area contributed by atoms with E-state index in [1.165, 1.54) is 35.2 Å². The summed E-state index contributed by atoms with van der Waals surface area (Å²) in [4.78, 5) is 12.5. The van der Waals surface area contributed by atoms with Gasteiger partial charge in [0.25, 0.3) is 0 Å². The van der Waals surface area contributed by atoms with Crippen molar-refractivity contribution in [1.29, 1.82) is 5.26 Å². The number of aromatic nitrogens is 2. The molecule has 2 aliphatic rings. The van der Waals surface area contributed by atoms with E-state index in [4.69, 9.17) is 15.7 Å². The lowest BCUT2D eigenvalue weighted by atomic mass is 9.80. The maximum absolute atomic E-state index is 9.26. The molecule has 1 aromatic carbocycles. The number of benzene rings is 1. The monoisotopic (exact) mass is 431 g/mol. The number of fused-ring (bicyclic) bond motifs is 1. The quantitative estimate of drug-likeness (QED) is 0.622. The van der Waals surface area contributed by atoms with Gasteiger partial charge < -0.3 is 10.6 Å². The molecule has 5 heteroatoms. The van der Waals surface area contributed by atoms with Gasteiger partial charge in [0.15, 0.2) is 0 Å². The molecule has 0 saturated carbocycles. The highest BCUT2D eigenvalue weighted by molar-refractivity contribution is 5.53. The number of hydrogen-bond donors (Lipinski definition) is 1. The Balaban J connectivity index is 1.67. The fraction of sp³-hybridized carbons (Fsp3) is 0.593. The Labute approximate surface area is 193 Å². The van der Waals surface area contributed by atoms with E-state index < -0.39 is 0 Å². The fourth-order valence-corrected chi connectivity index (χ4v) is 5.54. The lowest BCUT2D eigenvalue weighted by Gasteiger charge is -2.32. The average Bonchev–Trinajstić information content (AvgIpc) is 3.05. The summed E-state index contributed by atoms with van der Waals surface area (Å²) in [6.07, 6.45) is 10.4. The summed E-state index contributed by atoms with van der Waals surface area (Å²) in [7, 11) is 0. The number of hydrogen-bond acceptors (Lipinski definition) is 5. The summed E-state index contributed by atoms with van der Waals surface area (Å²) < 4.78 is 0. The zero-order valence-electron chi connectivity index (χ0n) is 19.7. The number of nitriles is 1. The van der Waals surface area contributed by atoms with Gasteiger partial charge in [-0.25, -0.2) is 9.97 Å². The fourth-order valence-electron chi connectivity index (χ4n) is 5.54. The Morgan fingerprint density at radius 1 is 1.19 bits per heavy atom. The van der Waals surface area contributed by atoms with Crippen molar-refractivity contribution in [3.05, 3.63) is 46.4 Å². The molecule has 2 heterocycles. The Bertz CT molecular complexity index is 977. The molecule has 2 atom stereocenters. The summed E-state index contributed by atoms with van der Waals surface area (Å²) in [5.41, 5.74) is 12.5. The SMILES string of the molecule is CCCc1ccc(N)cc1C1CCc2c(nc(CC)nc2N2CCCCC(CC#N)C2)C1. The van der Waals surface area contributed by atoms with Gasteiger partial charge in [0.2, 0.25) is 0 Å². The molecular formula is C27H37N5. The van der Waals surface area contributed by atoms with Crippen LogP contribution in [0, 0.1) is 17.2 Å². The van der Waals surface area contributed by atoms with E-state index in [0.29, 0.717) is 18.3 Å². The van der Waals surface area contributed by atoms with E-state index >= 15 is 0 Å². The molecule has 0 radical (unpaired) electrons. The van der Waals surface area contributed by atoms with Gasteiger partial charge in [0.05, 0.1) is 11.8 Å². The summed E-state index contributed by atoms with van der Waals surface area (Å²) >= 11 is 0. The molecule has 2 unspecified atom stereocenters. The van der Waals surface area contributed by atoms with Gasteiger partial charge >= 0.3 is 0 Å². The average molecular weight is 432 g/mol. The molecule has 2 N–H and O–H groups in total. The first-order valence-corrected chi connectivity index (χ1v) is 12.5. The van der Waals surface area contributed by atoms with E-state index in [9.17, 15) is 5.26 Å². The van der Waals surface area contributed by atoms with Gasteiger partial charge in [-0.3, -0.25) is 0 Å². The van der Waals surface area contributed by atoms with E-state index in [1.807, 2.05) is 6.07 Å². The standard InChI is InChI=1S/C27H37N5/c1-3-7-20-9-11-22(29)17-24(20)21-10-12-23-25(16-21)30-26(4-2)31-27(23)32-15-6-5-8-19(18-32)13-14-28/h9,11,17,19,21H,3-8,10,12-13,15-16,18,29H2,1-2H3. The van der Waals surface area contributed by atoms with Crippen LogP contribution in [-0.2, 0) is 25.7 Å². The molecule has 0 amide bonds. The Morgan fingerprint density at radius 3 is 2.84 bits per heavy atom. The second-order valence-electron chi connectivity index (χ2n) is 9.56. The van der Waals surface area contributed by atoms with Crippen LogP contribution in [-0.4, -0.2) is 23.1 Å². The Kier molecular flexibility index (Phi) is 7.29. The smallest absolute Gasteiger partial charge is 0.135 e. The van der Waals surface area contributed by atoms with E-state index in [1.54, 1.807) is 0 Å². The van der Waals surface area contributed by atoms with Crippen molar-refractivity contribution in [1.82, 2.24) is 9.97 Å². The van der Waals surface area contributed by atoms with Gasteiger partial charge in [-0.1, -0.05) is 32.8 Å². The van der Waals surface area contributed by atoms with Gasteiger partial charge in [0, 0.05) is 37.2 Å². The molecule has 170 valence electrons. The molecule has 5 nitrogen and oxygen atoms in total. The van der Waals surface area contributed by atoms with Crippen LogP contribution < -0.4 is 10.6 Å². The number of anilines is 2. The number of aryl methyl sites for hydroxylation is 2. The highest BCUT2D eigenvalue weighted by Crippen LogP contribution is 2.38. The molecule has 1 saturated heterocycles. The summed E-state index contributed by atoms with van der Waals surface area (Å²) in [6, 6.07) is 8.86. The lowest BCUT2D eigenvalue weighted by molar-refractivity contribution is 0.504. The molecule has 4 rings (SSSR count). The van der Waals surface area contributed by atoms with Gasteiger partial charge in [-0.15, -0.1) is 0 Å². The third-order valence-electron chi connectivity index (χ3n) is 7.19. The second kappa shape index (κ2) is 10.3. The lowest BCUT2D eigenvalue weighted by Crippen LogP contribution is -2.32. The Hall–Kier alpha value is -2.61. The van der Waals surface area contributed by atoms with Crippen molar-refractivity contribution in [2.24, 2.45) is 5.92 Å². The van der Waals surface area contributed by atoms with Crippen LogP contribution in [0.5, 0.6) is 0 Å².